The van der Waals surface area contributed by atoms with Crippen molar-refractivity contribution in [2.45, 2.75) is 6.92 Å². The van der Waals surface area contributed by atoms with Gasteiger partial charge in [-0.3, -0.25) is 4.79 Å². The number of Topliss-reactive ketones (excluding diaryl/α,β-unsaturated/α-hetero) is 1. The van der Waals surface area contributed by atoms with Gasteiger partial charge in [-0.05, 0) is 55.0 Å². The number of hydrogen-bond acceptors (Lipinski definition) is 6. The number of carbonyl (C=O) groups excluding carboxylic acids is 3. The lowest BCUT2D eigenvalue weighted by atomic mass is 10.1. The minimum atomic E-state index is -0.495. The third kappa shape index (κ3) is 4.23. The molecule has 0 saturated heterocycles. The van der Waals surface area contributed by atoms with Gasteiger partial charge in [0.25, 0.3) is 0 Å². The van der Waals surface area contributed by atoms with Crippen molar-refractivity contribution < 1.29 is 28.6 Å². The molecule has 0 saturated carbocycles. The SMILES string of the molecule is COC(=O)c1ccc(C=C2Oc3cc(OC(=O)c4ccc(C)cc4)ccc3C2=O)cc1. The van der Waals surface area contributed by atoms with Gasteiger partial charge in [-0.2, -0.15) is 0 Å². The average molecular weight is 414 g/mol. The zero-order valence-electron chi connectivity index (χ0n) is 16.9. The summed E-state index contributed by atoms with van der Waals surface area (Å²) in [7, 11) is 1.31. The van der Waals surface area contributed by atoms with Gasteiger partial charge < -0.3 is 14.2 Å². The molecule has 0 aromatic heterocycles. The molecule has 0 fully saturated rings. The number of hydrogen-bond donors (Lipinski definition) is 0. The van der Waals surface area contributed by atoms with Crippen molar-refractivity contribution in [3.63, 3.8) is 0 Å². The summed E-state index contributed by atoms with van der Waals surface area (Å²) in [4.78, 5) is 36.5. The van der Waals surface area contributed by atoms with Gasteiger partial charge in [0.15, 0.2) is 5.76 Å². The van der Waals surface area contributed by atoms with E-state index in [1.54, 1.807) is 54.6 Å². The van der Waals surface area contributed by atoms with Gasteiger partial charge in [-0.25, -0.2) is 9.59 Å². The molecule has 3 aromatic carbocycles. The lowest BCUT2D eigenvalue weighted by Gasteiger charge is -2.06. The molecule has 0 aliphatic carbocycles. The van der Waals surface area contributed by atoms with Gasteiger partial charge in [0.2, 0.25) is 5.78 Å². The Balaban J connectivity index is 1.51. The van der Waals surface area contributed by atoms with E-state index in [0.717, 1.165) is 5.56 Å². The second-order valence-electron chi connectivity index (χ2n) is 6.97. The number of benzene rings is 3. The number of esters is 2. The van der Waals surface area contributed by atoms with Crippen molar-refractivity contribution in [3.05, 3.63) is 100 Å². The van der Waals surface area contributed by atoms with E-state index in [9.17, 15) is 14.4 Å². The Hall–Kier alpha value is -4.19. The van der Waals surface area contributed by atoms with Crippen molar-refractivity contribution in [1.82, 2.24) is 0 Å². The van der Waals surface area contributed by atoms with Crippen LogP contribution in [-0.4, -0.2) is 24.8 Å². The second-order valence-corrected chi connectivity index (χ2v) is 6.97. The standard InChI is InChI=1S/C25H18O6/c1-15-3-7-18(8-4-15)25(28)30-19-11-12-20-21(14-19)31-22(23(20)26)13-16-5-9-17(10-6-16)24(27)29-2/h3-14H,1-2H3. The molecule has 0 N–H and O–H groups in total. The summed E-state index contributed by atoms with van der Waals surface area (Å²) < 4.78 is 15.8. The van der Waals surface area contributed by atoms with Crippen molar-refractivity contribution >= 4 is 23.8 Å². The smallest absolute Gasteiger partial charge is 0.343 e. The van der Waals surface area contributed by atoms with E-state index in [2.05, 4.69) is 4.74 Å². The van der Waals surface area contributed by atoms with E-state index in [4.69, 9.17) is 9.47 Å². The Morgan fingerprint density at radius 3 is 2.19 bits per heavy atom. The first kappa shape index (κ1) is 20.1. The third-order valence-corrected chi connectivity index (χ3v) is 4.77. The van der Waals surface area contributed by atoms with E-state index in [0.29, 0.717) is 28.0 Å². The van der Waals surface area contributed by atoms with Crippen LogP contribution < -0.4 is 9.47 Å². The summed E-state index contributed by atoms with van der Waals surface area (Å²) in [6.07, 6.45) is 1.58. The fourth-order valence-corrected chi connectivity index (χ4v) is 3.07. The fraction of sp³-hybridized carbons (Fsp3) is 0.0800. The highest BCUT2D eigenvalue weighted by atomic mass is 16.5. The van der Waals surface area contributed by atoms with E-state index >= 15 is 0 Å². The predicted molar refractivity (Wildman–Crippen MR) is 113 cm³/mol. The number of carbonyl (C=O) groups is 3. The maximum atomic E-state index is 12.6. The predicted octanol–water partition coefficient (Wildman–Crippen LogP) is 4.62. The highest BCUT2D eigenvalue weighted by Crippen LogP contribution is 2.35. The van der Waals surface area contributed by atoms with Gasteiger partial charge in [-0.1, -0.05) is 29.8 Å². The fourth-order valence-electron chi connectivity index (χ4n) is 3.07. The lowest BCUT2D eigenvalue weighted by molar-refractivity contribution is 0.0600. The van der Waals surface area contributed by atoms with Crippen LogP contribution in [0.4, 0.5) is 0 Å². The number of allylic oxidation sites excluding steroid dienone is 1. The minimum absolute atomic E-state index is 0.142. The van der Waals surface area contributed by atoms with E-state index < -0.39 is 11.9 Å². The Kier molecular flexibility index (Phi) is 5.37. The molecule has 0 spiro atoms. The van der Waals surface area contributed by atoms with Crippen molar-refractivity contribution in [2.24, 2.45) is 0 Å². The van der Waals surface area contributed by atoms with Crippen LogP contribution in [0.25, 0.3) is 6.08 Å². The normalized spacial score (nSPS) is 13.5. The van der Waals surface area contributed by atoms with Crippen LogP contribution >= 0.6 is 0 Å². The Morgan fingerprint density at radius 1 is 0.871 bits per heavy atom. The summed E-state index contributed by atoms with van der Waals surface area (Å²) in [5.41, 5.74) is 2.95. The molecule has 0 radical (unpaired) electrons. The topological polar surface area (TPSA) is 78.9 Å². The molecule has 1 aliphatic rings. The van der Waals surface area contributed by atoms with E-state index in [1.165, 1.54) is 13.2 Å². The molecule has 0 unspecified atom stereocenters. The first-order chi connectivity index (χ1) is 14.9. The molecule has 6 heteroatoms. The van der Waals surface area contributed by atoms with Gasteiger partial charge in [-0.15, -0.1) is 0 Å². The lowest BCUT2D eigenvalue weighted by Crippen LogP contribution is -2.08. The second kappa shape index (κ2) is 8.28. The van der Waals surface area contributed by atoms with Crippen LogP contribution in [0.15, 0.2) is 72.5 Å². The van der Waals surface area contributed by atoms with Crippen LogP contribution in [0.1, 0.15) is 42.2 Å². The van der Waals surface area contributed by atoms with E-state index in [1.807, 2.05) is 19.1 Å². The highest BCUT2D eigenvalue weighted by molar-refractivity contribution is 6.14. The molecule has 0 amide bonds. The van der Waals surface area contributed by atoms with Gasteiger partial charge in [0.1, 0.15) is 11.5 Å². The van der Waals surface area contributed by atoms with Crippen LogP contribution in [0.5, 0.6) is 11.5 Å². The molecule has 4 rings (SSSR count). The molecule has 0 atom stereocenters. The molecular formula is C25H18O6. The number of fused-ring (bicyclic) bond motifs is 1. The van der Waals surface area contributed by atoms with Gasteiger partial charge >= 0.3 is 11.9 Å². The van der Waals surface area contributed by atoms with Gasteiger partial charge in [0.05, 0.1) is 23.8 Å². The molecule has 0 bridgehead atoms. The maximum absolute atomic E-state index is 12.6. The largest absolute Gasteiger partial charge is 0.465 e. The van der Waals surface area contributed by atoms with Crippen molar-refractivity contribution in [1.29, 1.82) is 0 Å². The summed E-state index contributed by atoms with van der Waals surface area (Å²) in [6, 6.07) is 18.3. The van der Waals surface area contributed by atoms with Crippen LogP contribution in [0.2, 0.25) is 0 Å². The Labute approximate surface area is 178 Å². The van der Waals surface area contributed by atoms with Crippen LogP contribution in [-0.2, 0) is 4.74 Å². The van der Waals surface area contributed by atoms with Crippen molar-refractivity contribution in [3.8, 4) is 11.5 Å². The monoisotopic (exact) mass is 414 g/mol. The van der Waals surface area contributed by atoms with Crippen LogP contribution in [0, 0.1) is 6.92 Å². The van der Waals surface area contributed by atoms with Crippen LogP contribution in [0.3, 0.4) is 0 Å². The summed E-state index contributed by atoms with van der Waals surface area (Å²) >= 11 is 0. The first-order valence-corrected chi connectivity index (χ1v) is 9.50. The Morgan fingerprint density at radius 2 is 1.52 bits per heavy atom. The number of ketones is 1. The molecular weight excluding hydrogens is 396 g/mol. The number of methoxy groups -OCH3 is 1. The molecule has 3 aromatic rings. The molecule has 1 heterocycles. The first-order valence-electron chi connectivity index (χ1n) is 9.50. The zero-order chi connectivity index (χ0) is 22.0. The third-order valence-electron chi connectivity index (χ3n) is 4.77. The summed E-state index contributed by atoms with van der Waals surface area (Å²) in [5.74, 6) is -0.470. The summed E-state index contributed by atoms with van der Waals surface area (Å²) in [6.45, 7) is 1.93. The Bertz CT molecular complexity index is 1200. The molecule has 154 valence electrons. The van der Waals surface area contributed by atoms with Gasteiger partial charge in [0, 0.05) is 6.07 Å². The molecule has 1 aliphatic heterocycles. The number of aryl methyl sites for hydroxylation is 1. The molecule has 31 heavy (non-hydrogen) atoms. The number of rotatable bonds is 4. The minimum Gasteiger partial charge on any atom is -0.465 e. The zero-order valence-corrected chi connectivity index (χ0v) is 16.9. The number of ether oxygens (including phenoxy) is 3. The maximum Gasteiger partial charge on any atom is 0.343 e. The van der Waals surface area contributed by atoms with Crippen molar-refractivity contribution in [2.75, 3.05) is 7.11 Å². The highest BCUT2D eigenvalue weighted by Gasteiger charge is 2.28. The average Bonchev–Trinajstić information content (AvgIpc) is 3.08. The van der Waals surface area contributed by atoms with E-state index in [-0.39, 0.29) is 17.3 Å². The summed E-state index contributed by atoms with van der Waals surface area (Å²) in [5, 5.41) is 0. The molecule has 6 nitrogen and oxygen atoms in total. The quantitative estimate of drug-likeness (QED) is 0.352.